The summed E-state index contributed by atoms with van der Waals surface area (Å²) in [5.41, 5.74) is 0. The number of hydrogen-bond donors (Lipinski definition) is 1. The molecule has 1 N–H and O–H groups in total. The zero-order valence-electron chi connectivity index (χ0n) is 8.41. The van der Waals surface area contributed by atoms with Crippen molar-refractivity contribution in [3.05, 3.63) is 22.6 Å². The van der Waals surface area contributed by atoms with Gasteiger partial charge in [-0.15, -0.1) is 0 Å². The highest BCUT2D eigenvalue weighted by Crippen LogP contribution is 2.34. The largest absolute Gasteiger partial charge is 0.467 e. The van der Waals surface area contributed by atoms with E-state index in [9.17, 15) is 0 Å². The number of rotatable bonds is 3. The van der Waals surface area contributed by atoms with Crippen LogP contribution in [0.2, 0.25) is 0 Å². The summed E-state index contributed by atoms with van der Waals surface area (Å²) >= 11 is 3.45. The van der Waals surface area contributed by atoms with E-state index in [0.29, 0.717) is 18.2 Å². The molecule has 1 aromatic heterocycles. The summed E-state index contributed by atoms with van der Waals surface area (Å²) in [6.45, 7) is 0.783. The van der Waals surface area contributed by atoms with Crippen LogP contribution in [0.1, 0.15) is 25.0 Å². The molecule has 2 aliphatic heterocycles. The molecule has 2 saturated heterocycles. The van der Waals surface area contributed by atoms with E-state index in [0.717, 1.165) is 23.2 Å². The average Bonchev–Trinajstić information content (AvgIpc) is 2.90. The van der Waals surface area contributed by atoms with Crippen LogP contribution in [0.5, 0.6) is 0 Å². The molecule has 3 rings (SSSR count). The van der Waals surface area contributed by atoms with Gasteiger partial charge in [0.05, 0.1) is 29.5 Å². The Labute approximate surface area is 97.3 Å². The van der Waals surface area contributed by atoms with Crippen LogP contribution in [0, 0.1) is 0 Å². The number of ether oxygens (including phenoxy) is 1. The normalized spacial score (nSPS) is 33.8. The van der Waals surface area contributed by atoms with E-state index in [-0.39, 0.29) is 0 Å². The maximum Gasteiger partial charge on any atom is 0.131 e. The van der Waals surface area contributed by atoms with Crippen molar-refractivity contribution in [1.82, 2.24) is 5.32 Å². The van der Waals surface area contributed by atoms with Crippen LogP contribution in [0.4, 0.5) is 0 Å². The Kier molecular flexibility index (Phi) is 2.58. The molecule has 3 nitrogen and oxygen atoms in total. The molecule has 82 valence electrons. The molecule has 0 amide bonds. The fourth-order valence-corrected chi connectivity index (χ4v) is 2.87. The first kappa shape index (κ1) is 9.87. The molecular weight excluding hydrogens is 258 g/mol. The fraction of sp³-hybridized carbons (Fsp3) is 0.636. The Morgan fingerprint density at radius 1 is 1.47 bits per heavy atom. The van der Waals surface area contributed by atoms with Crippen molar-refractivity contribution in [1.29, 1.82) is 0 Å². The molecule has 0 aromatic carbocycles. The lowest BCUT2D eigenvalue weighted by Gasteiger charge is -2.19. The highest BCUT2D eigenvalue weighted by Gasteiger charge is 2.40. The van der Waals surface area contributed by atoms with Crippen molar-refractivity contribution < 1.29 is 9.15 Å². The van der Waals surface area contributed by atoms with Gasteiger partial charge >= 0.3 is 0 Å². The number of furan rings is 1. The maximum absolute atomic E-state index is 5.78. The number of hydrogen-bond acceptors (Lipinski definition) is 3. The van der Waals surface area contributed by atoms with Gasteiger partial charge in [-0.05, 0) is 41.3 Å². The van der Waals surface area contributed by atoms with Crippen molar-refractivity contribution >= 4 is 15.9 Å². The minimum Gasteiger partial charge on any atom is -0.467 e. The zero-order chi connectivity index (χ0) is 10.3. The Balaban J connectivity index is 1.57. The molecule has 0 saturated carbocycles. The summed E-state index contributed by atoms with van der Waals surface area (Å²) < 4.78 is 12.2. The lowest BCUT2D eigenvalue weighted by Crippen LogP contribution is -2.36. The molecule has 3 unspecified atom stereocenters. The third-order valence-electron chi connectivity index (χ3n) is 3.32. The van der Waals surface area contributed by atoms with E-state index < -0.39 is 0 Å². The standard InChI is InChI=1S/C11H14BrNO2/c12-8-3-4-14-11(8)6-13-9-5-7-1-2-10(9)15-7/h3-4,7,9-10,13H,1-2,5-6H2. The van der Waals surface area contributed by atoms with Crippen molar-refractivity contribution in [3.63, 3.8) is 0 Å². The van der Waals surface area contributed by atoms with Crippen LogP contribution in [-0.4, -0.2) is 18.2 Å². The van der Waals surface area contributed by atoms with Gasteiger partial charge in [-0.1, -0.05) is 0 Å². The highest BCUT2D eigenvalue weighted by atomic mass is 79.9. The first-order chi connectivity index (χ1) is 7.33. The van der Waals surface area contributed by atoms with E-state index >= 15 is 0 Å². The second-order valence-corrected chi connectivity index (χ2v) is 5.14. The average molecular weight is 272 g/mol. The lowest BCUT2D eigenvalue weighted by atomic mass is 9.95. The Hall–Kier alpha value is -0.320. The van der Waals surface area contributed by atoms with Gasteiger partial charge in [-0.25, -0.2) is 0 Å². The third-order valence-corrected chi connectivity index (χ3v) is 4.03. The molecule has 3 heterocycles. The fourth-order valence-electron chi connectivity index (χ4n) is 2.53. The summed E-state index contributed by atoms with van der Waals surface area (Å²) in [4.78, 5) is 0. The molecule has 3 atom stereocenters. The van der Waals surface area contributed by atoms with Gasteiger partial charge in [0.15, 0.2) is 0 Å². The van der Waals surface area contributed by atoms with Crippen molar-refractivity contribution in [2.75, 3.05) is 0 Å². The quantitative estimate of drug-likeness (QED) is 0.917. The van der Waals surface area contributed by atoms with Gasteiger partial charge in [0.25, 0.3) is 0 Å². The minimum absolute atomic E-state index is 0.434. The van der Waals surface area contributed by atoms with Crippen LogP contribution in [0.15, 0.2) is 21.2 Å². The molecule has 15 heavy (non-hydrogen) atoms. The predicted octanol–water partition coefficient (Wildman–Crippen LogP) is 2.45. The molecule has 0 radical (unpaired) electrons. The summed E-state index contributed by atoms with van der Waals surface area (Å²) in [6, 6.07) is 2.44. The topological polar surface area (TPSA) is 34.4 Å². The predicted molar refractivity (Wildman–Crippen MR) is 59.5 cm³/mol. The van der Waals surface area contributed by atoms with Crippen LogP contribution in [0.25, 0.3) is 0 Å². The van der Waals surface area contributed by atoms with Crippen LogP contribution < -0.4 is 5.32 Å². The first-order valence-corrected chi connectivity index (χ1v) is 6.23. The van der Waals surface area contributed by atoms with Crippen LogP contribution in [0.3, 0.4) is 0 Å². The van der Waals surface area contributed by atoms with E-state index in [2.05, 4.69) is 21.2 Å². The van der Waals surface area contributed by atoms with Gasteiger partial charge in [0, 0.05) is 6.04 Å². The summed E-state index contributed by atoms with van der Waals surface area (Å²) in [6.07, 6.45) is 6.26. The van der Waals surface area contributed by atoms with Gasteiger partial charge in [0.2, 0.25) is 0 Å². The monoisotopic (exact) mass is 271 g/mol. The smallest absolute Gasteiger partial charge is 0.131 e. The SMILES string of the molecule is Brc1ccoc1CNC1CC2CCC1O2. The molecule has 2 aliphatic rings. The highest BCUT2D eigenvalue weighted by molar-refractivity contribution is 9.10. The van der Waals surface area contributed by atoms with Crippen molar-refractivity contribution in [3.8, 4) is 0 Å². The second-order valence-electron chi connectivity index (χ2n) is 4.29. The second kappa shape index (κ2) is 3.92. The zero-order valence-corrected chi connectivity index (χ0v) is 10.00. The van der Waals surface area contributed by atoms with Crippen LogP contribution >= 0.6 is 15.9 Å². The van der Waals surface area contributed by atoms with Gasteiger partial charge < -0.3 is 14.5 Å². The lowest BCUT2D eigenvalue weighted by molar-refractivity contribution is 0.0970. The Morgan fingerprint density at radius 3 is 3.00 bits per heavy atom. The Morgan fingerprint density at radius 2 is 2.40 bits per heavy atom. The van der Waals surface area contributed by atoms with Crippen LogP contribution in [-0.2, 0) is 11.3 Å². The van der Waals surface area contributed by atoms with Crippen molar-refractivity contribution in [2.45, 2.75) is 44.1 Å². The molecule has 1 aromatic rings. The maximum atomic E-state index is 5.78. The molecule has 2 bridgehead atoms. The van der Waals surface area contributed by atoms with Crippen molar-refractivity contribution in [2.24, 2.45) is 0 Å². The molecule has 2 fully saturated rings. The number of nitrogens with one attached hydrogen (secondary N) is 1. The third kappa shape index (κ3) is 1.86. The molecule has 4 heteroatoms. The number of fused-ring (bicyclic) bond motifs is 2. The number of halogens is 1. The molecule has 0 spiro atoms. The van der Waals surface area contributed by atoms with Gasteiger partial charge in [-0.2, -0.15) is 0 Å². The van der Waals surface area contributed by atoms with E-state index in [1.54, 1.807) is 6.26 Å². The van der Waals surface area contributed by atoms with E-state index in [1.807, 2.05) is 6.07 Å². The first-order valence-electron chi connectivity index (χ1n) is 5.43. The molecule has 0 aliphatic carbocycles. The van der Waals surface area contributed by atoms with Gasteiger partial charge in [0.1, 0.15) is 5.76 Å². The van der Waals surface area contributed by atoms with Gasteiger partial charge in [-0.3, -0.25) is 0 Å². The van der Waals surface area contributed by atoms with E-state index in [4.69, 9.17) is 9.15 Å². The summed E-state index contributed by atoms with van der Waals surface area (Å²) in [5.74, 6) is 0.970. The Bertz CT molecular complexity index is 352. The molecular formula is C11H14BrNO2. The summed E-state index contributed by atoms with van der Waals surface area (Å²) in [7, 11) is 0. The minimum atomic E-state index is 0.434. The summed E-state index contributed by atoms with van der Waals surface area (Å²) in [5, 5.41) is 3.51. The van der Waals surface area contributed by atoms with E-state index in [1.165, 1.54) is 12.8 Å².